The molecule has 2 N–H and O–H groups in total. The van der Waals surface area contributed by atoms with E-state index in [1.165, 1.54) is 35.9 Å². The van der Waals surface area contributed by atoms with Crippen LogP contribution in [-0.2, 0) is 9.53 Å². The summed E-state index contributed by atoms with van der Waals surface area (Å²) in [5, 5.41) is 12.7. The molecule has 1 aliphatic rings. The number of urea groups is 1. The van der Waals surface area contributed by atoms with Crippen molar-refractivity contribution >= 4 is 45.9 Å². The van der Waals surface area contributed by atoms with Crippen LogP contribution in [0, 0.1) is 5.92 Å². The first-order chi connectivity index (χ1) is 15.8. The summed E-state index contributed by atoms with van der Waals surface area (Å²) >= 11 is 2.48. The maximum absolute atomic E-state index is 13.2. The molecular formula is C23H31N3O5S2. The number of thiazole rings is 1. The van der Waals surface area contributed by atoms with Crippen LogP contribution < -0.4 is 15.0 Å². The number of rotatable bonds is 11. The number of hydrogen-bond donors (Lipinski definition) is 2. The van der Waals surface area contributed by atoms with E-state index in [4.69, 9.17) is 9.47 Å². The third-order valence-electron chi connectivity index (χ3n) is 5.43. The number of aromatic nitrogens is 1. The SMILES string of the molecule is COCCOc1ccc(N(CC2CCCC2)C(=O)Nc2ncc(SC(C)(C)C(=O)O)s2)cc1. The molecule has 0 spiro atoms. The molecule has 180 valence electrons. The Morgan fingerprint density at radius 3 is 2.58 bits per heavy atom. The van der Waals surface area contributed by atoms with Gasteiger partial charge >= 0.3 is 12.0 Å². The number of nitrogens with one attached hydrogen (secondary N) is 1. The Bertz CT molecular complexity index is 926. The lowest BCUT2D eigenvalue weighted by Crippen LogP contribution is -2.38. The number of carboxylic acid groups (broad SMARTS) is 1. The second kappa shape index (κ2) is 11.7. The number of benzene rings is 1. The number of amides is 2. The Kier molecular flexibility index (Phi) is 8.99. The van der Waals surface area contributed by atoms with Crippen LogP contribution in [0.4, 0.5) is 15.6 Å². The lowest BCUT2D eigenvalue weighted by Gasteiger charge is -2.26. The zero-order valence-corrected chi connectivity index (χ0v) is 20.8. The van der Waals surface area contributed by atoms with Gasteiger partial charge in [-0.25, -0.2) is 9.78 Å². The van der Waals surface area contributed by atoms with Crippen molar-refractivity contribution in [1.29, 1.82) is 0 Å². The third-order valence-corrected chi connectivity index (χ3v) is 7.63. The molecule has 1 aromatic carbocycles. The number of hydrogen-bond acceptors (Lipinski definition) is 7. The first-order valence-corrected chi connectivity index (χ1v) is 12.6. The van der Waals surface area contributed by atoms with Gasteiger partial charge in [-0.05, 0) is 56.9 Å². The summed E-state index contributed by atoms with van der Waals surface area (Å²) < 4.78 is 10.4. The predicted molar refractivity (Wildman–Crippen MR) is 132 cm³/mol. The van der Waals surface area contributed by atoms with E-state index in [2.05, 4.69) is 10.3 Å². The maximum Gasteiger partial charge on any atom is 0.328 e. The maximum atomic E-state index is 13.2. The van der Waals surface area contributed by atoms with Crippen molar-refractivity contribution in [3.63, 3.8) is 0 Å². The molecule has 1 saturated carbocycles. The molecule has 0 radical (unpaired) electrons. The monoisotopic (exact) mass is 493 g/mol. The van der Waals surface area contributed by atoms with Crippen LogP contribution >= 0.6 is 23.1 Å². The predicted octanol–water partition coefficient (Wildman–Crippen LogP) is 5.35. The third kappa shape index (κ3) is 7.35. The number of methoxy groups -OCH3 is 1. The first kappa shape index (κ1) is 25.3. The number of carbonyl (C=O) groups is 2. The zero-order valence-electron chi connectivity index (χ0n) is 19.2. The van der Waals surface area contributed by atoms with Crippen LogP contribution in [0.3, 0.4) is 0 Å². The quantitative estimate of drug-likeness (QED) is 0.321. The highest BCUT2D eigenvalue weighted by Crippen LogP contribution is 2.37. The highest BCUT2D eigenvalue weighted by Gasteiger charge is 2.30. The summed E-state index contributed by atoms with van der Waals surface area (Å²) in [6.07, 6.45) is 6.22. The average molecular weight is 494 g/mol. The van der Waals surface area contributed by atoms with Gasteiger partial charge in [-0.3, -0.25) is 15.0 Å². The fraction of sp³-hybridized carbons (Fsp3) is 0.522. The van der Waals surface area contributed by atoms with E-state index < -0.39 is 10.7 Å². The lowest BCUT2D eigenvalue weighted by atomic mass is 10.1. The van der Waals surface area contributed by atoms with E-state index in [1.807, 2.05) is 24.3 Å². The number of ether oxygens (including phenoxy) is 2. The molecule has 10 heteroatoms. The molecule has 33 heavy (non-hydrogen) atoms. The van der Waals surface area contributed by atoms with Crippen molar-refractivity contribution in [1.82, 2.24) is 4.98 Å². The fourth-order valence-corrected chi connectivity index (χ4v) is 5.80. The summed E-state index contributed by atoms with van der Waals surface area (Å²) in [5.74, 6) is 0.288. The minimum Gasteiger partial charge on any atom is -0.491 e. The number of nitrogens with zero attached hydrogens (tertiary/aromatic N) is 2. The Balaban J connectivity index is 1.70. The lowest BCUT2D eigenvalue weighted by molar-refractivity contribution is -0.138. The summed E-state index contributed by atoms with van der Waals surface area (Å²) in [6.45, 7) is 4.89. The number of carbonyl (C=O) groups excluding carboxylic acids is 1. The van der Waals surface area contributed by atoms with Gasteiger partial charge in [-0.15, -0.1) is 0 Å². The summed E-state index contributed by atoms with van der Waals surface area (Å²) in [5.41, 5.74) is 0.789. The molecule has 0 bridgehead atoms. The van der Waals surface area contributed by atoms with E-state index >= 15 is 0 Å². The van der Waals surface area contributed by atoms with Crippen LogP contribution in [0.25, 0.3) is 0 Å². The van der Waals surface area contributed by atoms with E-state index in [9.17, 15) is 14.7 Å². The number of carboxylic acids is 1. The van der Waals surface area contributed by atoms with Crippen LogP contribution in [0.15, 0.2) is 34.7 Å². The number of anilines is 2. The van der Waals surface area contributed by atoms with Crippen molar-refractivity contribution in [2.45, 2.75) is 48.5 Å². The van der Waals surface area contributed by atoms with Gasteiger partial charge in [-0.1, -0.05) is 35.9 Å². The average Bonchev–Trinajstić information content (AvgIpc) is 3.44. The zero-order chi connectivity index (χ0) is 23.8. The van der Waals surface area contributed by atoms with Gasteiger partial charge in [0.15, 0.2) is 5.13 Å². The minimum atomic E-state index is -0.977. The largest absolute Gasteiger partial charge is 0.491 e. The molecule has 0 saturated heterocycles. The molecule has 1 aromatic heterocycles. The highest BCUT2D eigenvalue weighted by atomic mass is 32.2. The molecule has 1 fully saturated rings. The van der Waals surface area contributed by atoms with Crippen LogP contribution in [-0.4, -0.2) is 53.7 Å². The number of aliphatic carboxylic acids is 1. The van der Waals surface area contributed by atoms with Gasteiger partial charge in [0.2, 0.25) is 0 Å². The van der Waals surface area contributed by atoms with Crippen LogP contribution in [0.2, 0.25) is 0 Å². The second-order valence-electron chi connectivity index (χ2n) is 8.43. The van der Waals surface area contributed by atoms with Gasteiger partial charge in [0.1, 0.15) is 17.1 Å². The normalized spacial score (nSPS) is 14.3. The van der Waals surface area contributed by atoms with E-state index in [0.29, 0.717) is 30.8 Å². The first-order valence-electron chi connectivity index (χ1n) is 11.0. The van der Waals surface area contributed by atoms with Crippen molar-refractivity contribution < 1.29 is 24.2 Å². The van der Waals surface area contributed by atoms with Gasteiger partial charge in [0.05, 0.1) is 17.0 Å². The van der Waals surface area contributed by atoms with Gasteiger partial charge in [0.25, 0.3) is 0 Å². The molecule has 0 atom stereocenters. The van der Waals surface area contributed by atoms with Crippen LogP contribution in [0.5, 0.6) is 5.75 Å². The molecule has 3 rings (SSSR count). The summed E-state index contributed by atoms with van der Waals surface area (Å²) in [7, 11) is 1.63. The van der Waals surface area contributed by atoms with Crippen molar-refractivity contribution in [3.05, 3.63) is 30.5 Å². The van der Waals surface area contributed by atoms with Crippen molar-refractivity contribution in [2.75, 3.05) is 37.1 Å². The van der Waals surface area contributed by atoms with E-state index in [-0.39, 0.29) is 6.03 Å². The number of thioether (sulfide) groups is 1. The highest BCUT2D eigenvalue weighted by molar-refractivity contribution is 8.03. The molecular weight excluding hydrogens is 462 g/mol. The topological polar surface area (TPSA) is 101 Å². The van der Waals surface area contributed by atoms with Crippen molar-refractivity contribution in [3.8, 4) is 5.75 Å². The van der Waals surface area contributed by atoms with Crippen LogP contribution in [0.1, 0.15) is 39.5 Å². The second-order valence-corrected chi connectivity index (χ2v) is 11.4. The van der Waals surface area contributed by atoms with E-state index in [0.717, 1.165) is 28.5 Å². The van der Waals surface area contributed by atoms with Gasteiger partial charge in [0, 0.05) is 19.3 Å². The molecule has 0 aliphatic heterocycles. The Morgan fingerprint density at radius 2 is 1.94 bits per heavy atom. The Hall–Kier alpha value is -2.30. The van der Waals surface area contributed by atoms with Crippen molar-refractivity contribution in [2.24, 2.45) is 5.92 Å². The molecule has 2 aromatic rings. The Labute approximate surface area is 202 Å². The summed E-state index contributed by atoms with van der Waals surface area (Å²) in [6, 6.07) is 7.22. The molecule has 8 nitrogen and oxygen atoms in total. The Morgan fingerprint density at radius 1 is 1.24 bits per heavy atom. The minimum absolute atomic E-state index is 0.252. The fourth-order valence-electron chi connectivity index (χ4n) is 3.54. The van der Waals surface area contributed by atoms with Gasteiger partial charge < -0.3 is 14.6 Å². The molecule has 1 heterocycles. The molecule has 0 unspecified atom stereocenters. The summed E-state index contributed by atoms with van der Waals surface area (Å²) in [4.78, 5) is 30.7. The molecule has 1 aliphatic carbocycles. The smallest absolute Gasteiger partial charge is 0.328 e. The molecule has 2 amide bonds. The van der Waals surface area contributed by atoms with Gasteiger partial charge in [-0.2, -0.15) is 0 Å². The standard InChI is InChI=1S/C23H31N3O5S2/c1-23(2,20(27)28)33-19-14-24-21(32-19)25-22(29)26(15-16-6-4-5-7-16)17-8-10-18(11-9-17)31-13-12-30-3/h8-11,14,16H,4-7,12-13,15H2,1-3H3,(H,27,28)(H,24,25,29). The van der Waals surface area contributed by atoms with E-state index in [1.54, 1.807) is 32.1 Å².